The minimum Gasteiger partial charge on any atom is -0.504 e. The van der Waals surface area contributed by atoms with Crippen molar-refractivity contribution in [3.8, 4) is 28.4 Å². The molecule has 2 aliphatic rings. The van der Waals surface area contributed by atoms with Gasteiger partial charge in [-0.3, -0.25) is 4.98 Å². The Morgan fingerprint density at radius 1 is 1.12 bits per heavy atom. The number of fused-ring (bicyclic) bond motifs is 5. The van der Waals surface area contributed by atoms with Crippen molar-refractivity contribution >= 4 is 23.1 Å². The normalized spacial score (nSPS) is 16.6. The van der Waals surface area contributed by atoms with E-state index in [1.165, 1.54) is 7.11 Å². The third kappa shape index (κ3) is 3.43. The maximum atomic E-state index is 10.5. The van der Waals surface area contributed by atoms with Gasteiger partial charge in [0.1, 0.15) is 11.5 Å². The van der Waals surface area contributed by atoms with Gasteiger partial charge in [0.25, 0.3) is 0 Å². The van der Waals surface area contributed by atoms with E-state index in [0.717, 1.165) is 28.0 Å². The molecule has 3 aromatic rings. The number of pyridine rings is 1. The molecule has 0 saturated carbocycles. The van der Waals surface area contributed by atoms with E-state index < -0.39 is 0 Å². The Balaban J connectivity index is 1.84. The zero-order chi connectivity index (χ0) is 23.3. The molecule has 1 aromatic heterocycles. The molecule has 3 N–H and O–H groups in total. The Hall–Kier alpha value is -3.77. The third-order valence-corrected chi connectivity index (χ3v) is 6.04. The van der Waals surface area contributed by atoms with Crippen molar-refractivity contribution in [2.75, 3.05) is 12.4 Å². The molecule has 5 rings (SSSR count). The van der Waals surface area contributed by atoms with Gasteiger partial charge in [0.05, 0.1) is 30.5 Å². The Morgan fingerprint density at radius 2 is 1.94 bits per heavy atom. The predicted molar refractivity (Wildman–Crippen MR) is 130 cm³/mol. The number of anilines is 1. The zero-order valence-electron chi connectivity index (χ0n) is 19.1. The Kier molecular flexibility index (Phi) is 4.91. The number of nitrogens with zero attached hydrogens (tertiary/aromatic N) is 1. The van der Waals surface area contributed by atoms with Gasteiger partial charge < -0.3 is 25.0 Å². The molecule has 0 aliphatic carbocycles. The van der Waals surface area contributed by atoms with E-state index in [4.69, 9.17) is 9.47 Å². The van der Waals surface area contributed by atoms with Gasteiger partial charge in [0, 0.05) is 40.2 Å². The molecule has 0 saturated heterocycles. The molecule has 0 radical (unpaired) electrons. The highest BCUT2D eigenvalue weighted by Crippen LogP contribution is 2.54. The van der Waals surface area contributed by atoms with Gasteiger partial charge in [0.15, 0.2) is 11.5 Å². The van der Waals surface area contributed by atoms with Gasteiger partial charge in [0.2, 0.25) is 0 Å². The molecule has 2 aromatic carbocycles. The third-order valence-electron chi connectivity index (χ3n) is 6.04. The first-order chi connectivity index (χ1) is 15.8. The summed E-state index contributed by atoms with van der Waals surface area (Å²) in [6, 6.07) is 11.0. The van der Waals surface area contributed by atoms with Crippen LogP contribution in [-0.4, -0.2) is 27.8 Å². The number of aromatic nitrogens is 1. The molecular formula is C27H26N2O4. The maximum Gasteiger partial charge on any atom is 0.172 e. The Bertz CT molecular complexity index is 1340. The first kappa shape index (κ1) is 21.1. The lowest BCUT2D eigenvalue weighted by atomic mass is 9.83. The van der Waals surface area contributed by atoms with Crippen molar-refractivity contribution in [3.05, 3.63) is 71.1 Å². The average molecular weight is 443 g/mol. The Morgan fingerprint density at radius 3 is 2.70 bits per heavy atom. The molecular weight excluding hydrogens is 416 g/mol. The van der Waals surface area contributed by atoms with Gasteiger partial charge in [-0.15, -0.1) is 0 Å². The number of allylic oxidation sites excluding steroid dienone is 1. The number of aromatic hydroxyl groups is 1. The molecule has 6 nitrogen and oxygen atoms in total. The van der Waals surface area contributed by atoms with Crippen LogP contribution in [0.5, 0.6) is 17.2 Å². The number of phenols is 1. The fourth-order valence-corrected chi connectivity index (χ4v) is 4.79. The number of nitrogens with one attached hydrogen (secondary N) is 1. The lowest BCUT2D eigenvalue weighted by Crippen LogP contribution is -2.32. The molecule has 168 valence electrons. The second-order valence-corrected chi connectivity index (χ2v) is 8.89. The molecule has 3 heterocycles. The minimum atomic E-state index is -0.191. The number of phenolic OH excluding ortho intramolecular Hbond substituents is 1. The molecule has 33 heavy (non-hydrogen) atoms. The van der Waals surface area contributed by atoms with E-state index in [9.17, 15) is 10.2 Å². The molecule has 6 heteroatoms. The zero-order valence-corrected chi connectivity index (χ0v) is 19.1. The summed E-state index contributed by atoms with van der Waals surface area (Å²) < 4.78 is 12.0. The lowest BCUT2D eigenvalue weighted by molar-refractivity contribution is 0.281. The van der Waals surface area contributed by atoms with E-state index in [1.807, 2.05) is 18.2 Å². The van der Waals surface area contributed by atoms with E-state index in [-0.39, 0.29) is 17.9 Å². The maximum absolute atomic E-state index is 10.5. The number of methoxy groups -OCH3 is 1. The van der Waals surface area contributed by atoms with E-state index in [0.29, 0.717) is 34.1 Å². The van der Waals surface area contributed by atoms with Gasteiger partial charge in [-0.2, -0.15) is 0 Å². The topological polar surface area (TPSA) is 83.8 Å². The van der Waals surface area contributed by atoms with Crippen LogP contribution in [0.2, 0.25) is 0 Å². The van der Waals surface area contributed by atoms with Crippen LogP contribution >= 0.6 is 0 Å². The predicted octanol–water partition coefficient (Wildman–Crippen LogP) is 5.45. The van der Waals surface area contributed by atoms with Crippen molar-refractivity contribution in [1.29, 1.82) is 0 Å². The Labute approximate surface area is 192 Å². The van der Waals surface area contributed by atoms with Gasteiger partial charge in [-0.05, 0) is 50.6 Å². The van der Waals surface area contributed by atoms with Crippen molar-refractivity contribution in [1.82, 2.24) is 4.98 Å². The monoisotopic (exact) mass is 442 g/mol. The van der Waals surface area contributed by atoms with Crippen molar-refractivity contribution < 1.29 is 19.7 Å². The summed E-state index contributed by atoms with van der Waals surface area (Å²) in [5, 5.41) is 23.9. The minimum absolute atomic E-state index is 0.0507. The van der Waals surface area contributed by atoms with Crippen molar-refractivity contribution in [2.45, 2.75) is 32.9 Å². The summed E-state index contributed by atoms with van der Waals surface area (Å²) >= 11 is 0. The summed E-state index contributed by atoms with van der Waals surface area (Å²) in [5.74, 6) is 1.61. The fourth-order valence-electron chi connectivity index (χ4n) is 4.79. The van der Waals surface area contributed by atoms with Crippen LogP contribution in [0.25, 0.3) is 28.5 Å². The molecule has 0 unspecified atom stereocenters. The second-order valence-electron chi connectivity index (χ2n) is 8.89. The number of hydrogen-bond acceptors (Lipinski definition) is 6. The largest absolute Gasteiger partial charge is 0.504 e. The van der Waals surface area contributed by atoms with Crippen LogP contribution in [0.4, 0.5) is 5.69 Å². The molecule has 0 fully saturated rings. The number of aliphatic hydroxyl groups is 1. The highest BCUT2D eigenvalue weighted by molar-refractivity contribution is 6.02. The number of rotatable bonds is 3. The first-order valence-electron chi connectivity index (χ1n) is 10.8. The lowest BCUT2D eigenvalue weighted by Gasteiger charge is -2.35. The highest BCUT2D eigenvalue weighted by atomic mass is 16.5. The van der Waals surface area contributed by atoms with Crippen LogP contribution in [0.1, 0.15) is 43.2 Å². The van der Waals surface area contributed by atoms with E-state index >= 15 is 0 Å². The van der Waals surface area contributed by atoms with Crippen molar-refractivity contribution in [3.63, 3.8) is 0 Å². The first-order valence-corrected chi connectivity index (χ1v) is 10.8. The quantitative estimate of drug-likeness (QED) is 0.500. The van der Waals surface area contributed by atoms with Gasteiger partial charge >= 0.3 is 0 Å². The molecule has 2 aliphatic heterocycles. The summed E-state index contributed by atoms with van der Waals surface area (Å²) in [6.45, 7) is 6.22. The summed E-state index contributed by atoms with van der Waals surface area (Å²) in [6.07, 6.45) is 5.75. The van der Waals surface area contributed by atoms with Crippen LogP contribution in [0.15, 0.2) is 48.7 Å². The number of benzene rings is 2. The second kappa shape index (κ2) is 7.67. The summed E-state index contributed by atoms with van der Waals surface area (Å²) in [5.41, 5.74) is 6.78. The van der Waals surface area contributed by atoms with Crippen LogP contribution in [0.3, 0.4) is 0 Å². The number of hydrogen-bond donors (Lipinski definition) is 3. The molecule has 0 atom stereocenters. The fraction of sp³-hybridized carbons (Fsp3) is 0.222. The van der Waals surface area contributed by atoms with E-state index in [1.54, 1.807) is 24.4 Å². The van der Waals surface area contributed by atoms with Gasteiger partial charge in [-0.25, -0.2) is 0 Å². The number of aliphatic hydroxyl groups excluding tert-OH is 1. The molecule has 0 spiro atoms. The van der Waals surface area contributed by atoms with Crippen molar-refractivity contribution in [2.24, 2.45) is 0 Å². The number of ether oxygens (including phenoxy) is 2. The van der Waals surface area contributed by atoms with Crippen LogP contribution in [-0.2, 0) is 6.61 Å². The molecule has 0 bridgehead atoms. The van der Waals surface area contributed by atoms with Gasteiger partial charge in [-0.1, -0.05) is 18.2 Å². The summed E-state index contributed by atoms with van der Waals surface area (Å²) in [7, 11) is 1.54. The SMILES string of the molecule is COc1c(O)ccc2c1-c1ccc3c(c1C(=Cc1ncccc1CO)O2)C(C)=CC(C)(C)N3. The highest BCUT2D eigenvalue weighted by Gasteiger charge is 2.33. The average Bonchev–Trinajstić information content (AvgIpc) is 2.78. The van der Waals surface area contributed by atoms with Crippen LogP contribution < -0.4 is 14.8 Å². The van der Waals surface area contributed by atoms with Crippen LogP contribution in [0, 0.1) is 0 Å². The smallest absolute Gasteiger partial charge is 0.172 e. The standard InChI is InChI=1S/C27H26N2O4/c1-15-13-27(2,3)29-18-8-7-17-24(23(15)18)22(12-19-16(14-30)6-5-11-28-19)33-21-10-9-20(31)26(32-4)25(17)21/h5-13,29-31H,14H2,1-4H3. The molecule has 0 amide bonds. The summed E-state index contributed by atoms with van der Waals surface area (Å²) in [4.78, 5) is 4.46. The van der Waals surface area contributed by atoms with E-state index in [2.05, 4.69) is 43.2 Å².